The summed E-state index contributed by atoms with van der Waals surface area (Å²) in [6.07, 6.45) is 1.75. The van der Waals surface area contributed by atoms with Gasteiger partial charge in [0.1, 0.15) is 0 Å². The van der Waals surface area contributed by atoms with Crippen LogP contribution in [0.15, 0.2) is 0 Å². The third-order valence-electron chi connectivity index (χ3n) is 3.42. The third-order valence-corrected chi connectivity index (χ3v) is 3.42. The molecule has 1 saturated heterocycles. The first-order valence-electron chi connectivity index (χ1n) is 6.76. The third kappa shape index (κ3) is 5.92. The number of methoxy groups -OCH3 is 1. The molecule has 19 heavy (non-hydrogen) atoms. The molecule has 1 heterocycles. The molecule has 1 rings (SSSR count). The molecular formula is C13H24N2O4. The summed E-state index contributed by atoms with van der Waals surface area (Å²) in [5.74, 6) is -0.260. The number of nitrogens with zero attached hydrogens (tertiary/aromatic N) is 1. The predicted octanol–water partition coefficient (Wildman–Crippen LogP) is 1.17. The fraction of sp³-hybridized carbons (Fsp3) is 0.846. The number of carboxylic acid groups (broad SMARTS) is 1. The minimum atomic E-state index is -0.753. The van der Waals surface area contributed by atoms with Crippen LogP contribution in [0.25, 0.3) is 0 Å². The molecule has 0 aromatic carbocycles. The standard InChI is InChI=1S/C13H24N2O4/c1-10(9-19-2)8-14-13(18)15-5-3-11(4-6-15)7-12(16)17/h10-11H,3-9H2,1-2H3,(H,14,18)(H,16,17). The van der Waals surface area contributed by atoms with E-state index in [1.165, 1.54) is 0 Å². The van der Waals surface area contributed by atoms with Crippen molar-refractivity contribution in [3.05, 3.63) is 0 Å². The van der Waals surface area contributed by atoms with E-state index in [-0.39, 0.29) is 18.4 Å². The van der Waals surface area contributed by atoms with E-state index in [1.807, 2.05) is 6.92 Å². The summed E-state index contributed by atoms with van der Waals surface area (Å²) >= 11 is 0. The monoisotopic (exact) mass is 272 g/mol. The van der Waals surface area contributed by atoms with Gasteiger partial charge in [0.15, 0.2) is 0 Å². The SMILES string of the molecule is COCC(C)CNC(=O)N1CCC(CC(=O)O)CC1. The highest BCUT2D eigenvalue weighted by Crippen LogP contribution is 2.20. The number of nitrogens with one attached hydrogen (secondary N) is 1. The van der Waals surface area contributed by atoms with Gasteiger partial charge in [-0.25, -0.2) is 4.79 Å². The number of aliphatic carboxylic acids is 1. The molecule has 0 aliphatic carbocycles. The van der Waals surface area contributed by atoms with Gasteiger partial charge in [-0.1, -0.05) is 6.92 Å². The van der Waals surface area contributed by atoms with Crippen LogP contribution < -0.4 is 5.32 Å². The van der Waals surface area contributed by atoms with Crippen molar-refractivity contribution in [3.63, 3.8) is 0 Å². The van der Waals surface area contributed by atoms with Crippen molar-refractivity contribution in [1.82, 2.24) is 10.2 Å². The molecule has 6 heteroatoms. The second-order valence-corrected chi connectivity index (χ2v) is 5.27. The number of rotatable bonds is 6. The number of hydrogen-bond donors (Lipinski definition) is 2. The number of piperidine rings is 1. The summed E-state index contributed by atoms with van der Waals surface area (Å²) in [5, 5.41) is 11.6. The maximum absolute atomic E-state index is 11.9. The average Bonchev–Trinajstić information content (AvgIpc) is 2.36. The van der Waals surface area contributed by atoms with Crippen LogP contribution in [0.3, 0.4) is 0 Å². The van der Waals surface area contributed by atoms with Gasteiger partial charge >= 0.3 is 12.0 Å². The quantitative estimate of drug-likeness (QED) is 0.760. The van der Waals surface area contributed by atoms with Crippen molar-refractivity contribution in [2.75, 3.05) is 33.4 Å². The normalized spacial score (nSPS) is 18.1. The first kappa shape index (κ1) is 15.8. The van der Waals surface area contributed by atoms with Crippen LogP contribution in [-0.2, 0) is 9.53 Å². The maximum Gasteiger partial charge on any atom is 0.317 e. The Balaban J connectivity index is 2.23. The van der Waals surface area contributed by atoms with Crippen LogP contribution in [0.4, 0.5) is 4.79 Å². The number of ether oxygens (including phenoxy) is 1. The fourth-order valence-corrected chi connectivity index (χ4v) is 2.30. The zero-order valence-electron chi connectivity index (χ0n) is 11.7. The topological polar surface area (TPSA) is 78.9 Å². The van der Waals surface area contributed by atoms with Gasteiger partial charge in [0, 0.05) is 33.2 Å². The average molecular weight is 272 g/mol. The van der Waals surface area contributed by atoms with Gasteiger partial charge in [0.25, 0.3) is 0 Å². The summed E-state index contributed by atoms with van der Waals surface area (Å²) in [7, 11) is 1.64. The number of carboxylic acids is 1. The number of hydrogen-bond acceptors (Lipinski definition) is 3. The van der Waals surface area contributed by atoms with Crippen molar-refractivity contribution in [3.8, 4) is 0 Å². The van der Waals surface area contributed by atoms with Gasteiger partial charge in [-0.2, -0.15) is 0 Å². The lowest BCUT2D eigenvalue weighted by Crippen LogP contribution is -2.46. The first-order valence-corrected chi connectivity index (χ1v) is 6.76. The summed E-state index contributed by atoms with van der Waals surface area (Å²) in [6, 6.07) is -0.0586. The molecule has 2 N–H and O–H groups in total. The molecule has 0 saturated carbocycles. The van der Waals surface area contributed by atoms with Crippen molar-refractivity contribution in [2.45, 2.75) is 26.2 Å². The zero-order chi connectivity index (χ0) is 14.3. The lowest BCUT2D eigenvalue weighted by molar-refractivity contribution is -0.138. The van der Waals surface area contributed by atoms with Crippen molar-refractivity contribution in [2.24, 2.45) is 11.8 Å². The Kier molecular flexibility index (Phi) is 6.62. The predicted molar refractivity (Wildman–Crippen MR) is 71.0 cm³/mol. The summed E-state index contributed by atoms with van der Waals surface area (Å²) < 4.78 is 5.01. The number of likely N-dealkylation sites (tertiary alicyclic amines) is 1. The van der Waals surface area contributed by atoms with Gasteiger partial charge < -0.3 is 20.1 Å². The molecule has 1 aliphatic heterocycles. The maximum atomic E-state index is 11.9. The second kappa shape index (κ2) is 7.99. The van der Waals surface area contributed by atoms with Crippen LogP contribution in [0.2, 0.25) is 0 Å². The summed E-state index contributed by atoms with van der Waals surface area (Å²) in [6.45, 7) is 4.52. The molecule has 0 radical (unpaired) electrons. The van der Waals surface area contributed by atoms with Crippen LogP contribution in [0.1, 0.15) is 26.2 Å². The summed E-state index contributed by atoms with van der Waals surface area (Å²) in [5.41, 5.74) is 0. The second-order valence-electron chi connectivity index (χ2n) is 5.27. The Morgan fingerprint density at radius 1 is 1.42 bits per heavy atom. The van der Waals surface area contributed by atoms with Crippen LogP contribution in [0, 0.1) is 11.8 Å². The highest BCUT2D eigenvalue weighted by atomic mass is 16.5. The van der Waals surface area contributed by atoms with Crippen LogP contribution in [-0.4, -0.2) is 55.4 Å². The lowest BCUT2D eigenvalue weighted by atomic mass is 9.94. The van der Waals surface area contributed by atoms with Crippen LogP contribution in [0.5, 0.6) is 0 Å². The number of carbonyl (C=O) groups excluding carboxylic acids is 1. The van der Waals surface area contributed by atoms with Gasteiger partial charge in [-0.15, -0.1) is 0 Å². The van der Waals surface area contributed by atoms with E-state index < -0.39 is 5.97 Å². The van der Waals surface area contributed by atoms with Gasteiger partial charge in [-0.3, -0.25) is 4.79 Å². The van der Waals surface area contributed by atoms with Crippen molar-refractivity contribution in [1.29, 1.82) is 0 Å². The Hall–Kier alpha value is -1.30. The molecule has 1 aliphatic rings. The largest absolute Gasteiger partial charge is 0.481 e. The highest BCUT2D eigenvalue weighted by molar-refractivity contribution is 5.74. The number of urea groups is 1. The molecule has 1 fully saturated rings. The molecule has 110 valence electrons. The molecule has 6 nitrogen and oxygen atoms in total. The fourth-order valence-electron chi connectivity index (χ4n) is 2.30. The van der Waals surface area contributed by atoms with Crippen molar-refractivity contribution < 1.29 is 19.4 Å². The van der Waals surface area contributed by atoms with E-state index >= 15 is 0 Å². The molecule has 1 unspecified atom stereocenters. The molecule has 0 spiro atoms. The van der Waals surface area contributed by atoms with Crippen LogP contribution >= 0.6 is 0 Å². The Labute approximate surface area is 114 Å². The van der Waals surface area contributed by atoms with Gasteiger partial charge in [-0.05, 0) is 24.7 Å². The molecule has 0 aromatic rings. The molecule has 0 bridgehead atoms. The molecule has 2 amide bonds. The van der Waals surface area contributed by atoms with E-state index in [1.54, 1.807) is 12.0 Å². The van der Waals surface area contributed by atoms with E-state index in [0.717, 1.165) is 12.8 Å². The molecule has 1 atom stereocenters. The highest BCUT2D eigenvalue weighted by Gasteiger charge is 2.24. The smallest absolute Gasteiger partial charge is 0.317 e. The van der Waals surface area contributed by atoms with E-state index in [0.29, 0.717) is 32.2 Å². The molecular weight excluding hydrogens is 248 g/mol. The summed E-state index contributed by atoms with van der Waals surface area (Å²) in [4.78, 5) is 24.3. The van der Waals surface area contributed by atoms with E-state index in [9.17, 15) is 9.59 Å². The van der Waals surface area contributed by atoms with E-state index in [4.69, 9.17) is 9.84 Å². The Morgan fingerprint density at radius 2 is 2.05 bits per heavy atom. The Bertz CT molecular complexity index is 301. The number of carbonyl (C=O) groups is 2. The minimum Gasteiger partial charge on any atom is -0.481 e. The van der Waals surface area contributed by atoms with Crippen molar-refractivity contribution >= 4 is 12.0 Å². The zero-order valence-corrected chi connectivity index (χ0v) is 11.7. The van der Waals surface area contributed by atoms with Gasteiger partial charge in [0.05, 0.1) is 6.61 Å². The number of amides is 2. The lowest BCUT2D eigenvalue weighted by Gasteiger charge is -2.31. The van der Waals surface area contributed by atoms with Gasteiger partial charge in [0.2, 0.25) is 0 Å². The minimum absolute atomic E-state index is 0.0586. The van der Waals surface area contributed by atoms with E-state index in [2.05, 4.69) is 5.32 Å². The molecule has 0 aromatic heterocycles. The first-order chi connectivity index (χ1) is 9.02. The Morgan fingerprint density at radius 3 is 2.58 bits per heavy atom.